The second-order valence-corrected chi connectivity index (χ2v) is 14.0. The van der Waals surface area contributed by atoms with Crippen LogP contribution in [0.4, 0.5) is 0 Å². The maximum Gasteiger partial charge on any atom is 0.309 e. The molecule has 2 aliphatic heterocycles. The Balaban J connectivity index is 2.05. The van der Waals surface area contributed by atoms with Crippen LogP contribution in [0.1, 0.15) is 91.9 Å². The van der Waals surface area contributed by atoms with Gasteiger partial charge in [-0.1, -0.05) is 0 Å². The van der Waals surface area contributed by atoms with Gasteiger partial charge in [0.2, 0.25) is 0 Å². The summed E-state index contributed by atoms with van der Waals surface area (Å²) in [5, 5.41) is 18.5. The summed E-state index contributed by atoms with van der Waals surface area (Å²) >= 11 is 0. The molecular formula is C26H36O8S2-2. The van der Waals surface area contributed by atoms with Gasteiger partial charge in [-0.25, -0.2) is 21.5 Å². The van der Waals surface area contributed by atoms with E-state index in [4.69, 9.17) is 0 Å². The lowest BCUT2D eigenvalue weighted by Crippen LogP contribution is -2.24. The van der Waals surface area contributed by atoms with Crippen molar-refractivity contribution in [1.82, 2.24) is 0 Å². The first-order valence-electron chi connectivity index (χ1n) is 12.1. The van der Waals surface area contributed by atoms with E-state index in [0.717, 1.165) is 0 Å². The van der Waals surface area contributed by atoms with Crippen LogP contribution in [0.2, 0.25) is 0 Å². The summed E-state index contributed by atoms with van der Waals surface area (Å²) in [7, 11) is -2.98. The first kappa shape index (κ1) is 30.3. The molecule has 202 valence electrons. The normalized spacial score (nSPS) is 21.4. The molecule has 2 unspecified atom stereocenters. The summed E-state index contributed by atoms with van der Waals surface area (Å²) in [6.45, 7) is 6.52. The fourth-order valence-corrected chi connectivity index (χ4v) is 7.06. The zero-order valence-corrected chi connectivity index (χ0v) is 23.0. The van der Waals surface area contributed by atoms with E-state index in [2.05, 4.69) is 0 Å². The minimum atomic E-state index is -1.49. The lowest BCUT2D eigenvalue weighted by molar-refractivity contribution is -0.148. The molecule has 2 atom stereocenters. The van der Waals surface area contributed by atoms with Crippen molar-refractivity contribution in [2.24, 2.45) is 10.8 Å². The Hall–Kier alpha value is -1.88. The largest absolute Gasteiger partial charge is 0.799 e. The van der Waals surface area contributed by atoms with Gasteiger partial charge >= 0.3 is 11.9 Å². The number of carboxylic acids is 2. The third kappa shape index (κ3) is 8.33. The minimum absolute atomic E-state index is 0.0332. The molecule has 8 nitrogen and oxygen atoms in total. The van der Waals surface area contributed by atoms with Crippen LogP contribution in [0.5, 0.6) is 0 Å². The molecule has 0 saturated heterocycles. The number of hydrogen-bond donors (Lipinski definition) is 2. The Morgan fingerprint density at radius 2 is 1.14 bits per heavy atom. The average molecular weight is 541 g/mol. The Kier molecular flexibility index (Phi) is 10.6. The molecule has 0 radical (unpaired) electrons. The second kappa shape index (κ2) is 12.6. The maximum absolute atomic E-state index is 13.1. The summed E-state index contributed by atoms with van der Waals surface area (Å²) in [6, 6.07) is 0. The zero-order valence-electron chi connectivity index (χ0n) is 21.4. The smallest absolute Gasteiger partial charge is 0.309 e. The lowest BCUT2D eigenvalue weighted by atomic mass is 9.87. The standard InChI is InChI=1S/C26H36O8S2/c1-25(2,23(29)30)11-5-7-19-13-17(27)15-21(35(19)33)9-10-22-16-18(28)14-20(36(22)34)8-6-12-26(3,4)24(31)32/h13,16H,5-12,14-15H2,1-4H3,(H2-2,29,30,31,32,33,34)/q-2. The van der Waals surface area contributed by atoms with Crippen molar-refractivity contribution in [1.29, 1.82) is 0 Å². The van der Waals surface area contributed by atoms with Crippen molar-refractivity contribution >= 4 is 54.8 Å². The van der Waals surface area contributed by atoms with Crippen molar-refractivity contribution in [2.75, 3.05) is 0 Å². The van der Waals surface area contributed by atoms with Gasteiger partial charge in [0.25, 0.3) is 0 Å². The number of carbonyl (C=O) groups is 4. The maximum atomic E-state index is 13.1. The number of allylic oxidation sites excluding steroid dienone is 4. The van der Waals surface area contributed by atoms with Gasteiger partial charge in [-0.3, -0.25) is 19.2 Å². The van der Waals surface area contributed by atoms with Crippen LogP contribution in [0.3, 0.4) is 0 Å². The highest BCUT2D eigenvalue weighted by Gasteiger charge is 2.28. The first-order valence-corrected chi connectivity index (χ1v) is 14.4. The van der Waals surface area contributed by atoms with Crippen molar-refractivity contribution in [2.45, 2.75) is 91.9 Å². The molecule has 2 rings (SSSR count). The van der Waals surface area contributed by atoms with E-state index in [9.17, 15) is 38.5 Å². The SMILES string of the molecule is CC(C)(CCCC1=CC(=O)CC(CCC2=CC(=O)CC(CCCC(C)(C)C(=O)O)=S2[O-])=S1[O-])C(=O)O. The topological polar surface area (TPSA) is 155 Å². The molecule has 0 bridgehead atoms. The van der Waals surface area contributed by atoms with Gasteiger partial charge in [0.15, 0.2) is 11.6 Å². The van der Waals surface area contributed by atoms with Crippen molar-refractivity contribution < 1.29 is 38.5 Å². The molecular weight excluding hydrogens is 504 g/mol. The fourth-order valence-electron chi connectivity index (χ4n) is 4.06. The van der Waals surface area contributed by atoms with Crippen LogP contribution < -0.4 is 0 Å². The van der Waals surface area contributed by atoms with E-state index in [1.807, 2.05) is 0 Å². The molecule has 10 heteroatoms. The third-order valence-electron chi connectivity index (χ3n) is 6.68. The van der Waals surface area contributed by atoms with E-state index in [1.54, 1.807) is 27.7 Å². The predicted octanol–water partition coefficient (Wildman–Crippen LogP) is 5.19. The highest BCUT2D eigenvalue weighted by molar-refractivity contribution is 8.15. The van der Waals surface area contributed by atoms with Gasteiger partial charge in [-0.15, -0.1) is 0 Å². The molecule has 0 aliphatic carbocycles. The summed E-state index contributed by atoms with van der Waals surface area (Å²) in [5.74, 6) is -2.14. The van der Waals surface area contributed by atoms with E-state index in [1.165, 1.54) is 12.2 Å². The molecule has 2 N–H and O–H groups in total. The number of carboxylic acid groups (broad SMARTS) is 2. The van der Waals surface area contributed by atoms with Gasteiger partial charge in [-0.2, -0.15) is 0 Å². The molecule has 2 aliphatic rings. The van der Waals surface area contributed by atoms with Crippen LogP contribution in [0, 0.1) is 10.8 Å². The zero-order chi connectivity index (χ0) is 27.3. The van der Waals surface area contributed by atoms with Crippen molar-refractivity contribution in [3.8, 4) is 0 Å². The number of rotatable bonds is 13. The Morgan fingerprint density at radius 3 is 1.58 bits per heavy atom. The molecule has 0 aromatic rings. The first-order chi connectivity index (χ1) is 16.6. The van der Waals surface area contributed by atoms with E-state index in [-0.39, 0.29) is 37.2 Å². The van der Waals surface area contributed by atoms with E-state index >= 15 is 0 Å². The lowest BCUT2D eigenvalue weighted by Gasteiger charge is -2.31. The average Bonchev–Trinajstić information content (AvgIpc) is 2.76. The summed E-state index contributed by atoms with van der Waals surface area (Å²) in [4.78, 5) is 49.1. The number of aliphatic carboxylic acids is 2. The Morgan fingerprint density at radius 1 is 0.750 bits per heavy atom. The van der Waals surface area contributed by atoms with Gasteiger partial charge in [-0.05, 0) is 111 Å². The summed E-state index contributed by atoms with van der Waals surface area (Å²) < 4.78 is 26.1. The summed E-state index contributed by atoms with van der Waals surface area (Å²) in [6.07, 6.45) is 5.90. The van der Waals surface area contributed by atoms with Crippen molar-refractivity contribution in [3.05, 3.63) is 22.0 Å². The van der Waals surface area contributed by atoms with Crippen LogP contribution in [-0.4, -0.2) is 52.6 Å². The molecule has 36 heavy (non-hydrogen) atoms. The second-order valence-electron chi connectivity index (χ2n) is 10.7. The Labute approximate surface area is 217 Å². The number of carbonyl (C=O) groups excluding carboxylic acids is 2. The van der Waals surface area contributed by atoms with Gasteiger partial charge in [0.05, 0.1) is 10.8 Å². The van der Waals surface area contributed by atoms with Crippen LogP contribution in [0.25, 0.3) is 0 Å². The van der Waals surface area contributed by atoms with Crippen LogP contribution >= 0.6 is 21.5 Å². The minimum Gasteiger partial charge on any atom is -0.799 e. The molecule has 0 aromatic heterocycles. The summed E-state index contributed by atoms with van der Waals surface area (Å²) in [5.41, 5.74) is -1.81. The van der Waals surface area contributed by atoms with Gasteiger partial charge in [0, 0.05) is 12.8 Å². The third-order valence-corrected chi connectivity index (χ3v) is 10.0. The molecule has 0 spiro atoms. The monoisotopic (exact) mass is 540 g/mol. The van der Waals surface area contributed by atoms with Crippen LogP contribution in [0.15, 0.2) is 22.0 Å². The van der Waals surface area contributed by atoms with Gasteiger partial charge < -0.3 is 19.3 Å². The highest BCUT2D eigenvalue weighted by Crippen LogP contribution is 2.38. The Bertz CT molecular complexity index is 1030. The predicted molar refractivity (Wildman–Crippen MR) is 142 cm³/mol. The van der Waals surface area contributed by atoms with Crippen molar-refractivity contribution in [3.63, 3.8) is 0 Å². The number of ketones is 2. The van der Waals surface area contributed by atoms with E-state index in [0.29, 0.717) is 58.1 Å². The molecule has 0 aromatic carbocycles. The molecule has 2 heterocycles. The fraction of sp³-hybridized carbons (Fsp3) is 0.615. The highest BCUT2D eigenvalue weighted by atomic mass is 32.2. The number of hydrogen-bond acceptors (Lipinski definition) is 6. The quantitative estimate of drug-likeness (QED) is 0.303. The van der Waals surface area contributed by atoms with E-state index < -0.39 is 44.3 Å². The molecule has 0 fully saturated rings. The van der Waals surface area contributed by atoms with Gasteiger partial charge in [0.1, 0.15) is 0 Å². The van der Waals surface area contributed by atoms with Crippen LogP contribution in [-0.2, 0) is 19.2 Å². The molecule has 0 saturated carbocycles. The molecule has 0 amide bonds.